The molecule has 1 saturated heterocycles. The van der Waals surface area contributed by atoms with Crippen molar-refractivity contribution < 1.29 is 9.53 Å². The Hall–Kier alpha value is -1.51. The number of ether oxygens (including phenoxy) is 1. The third-order valence-electron chi connectivity index (χ3n) is 5.35. The van der Waals surface area contributed by atoms with Crippen LogP contribution in [0.25, 0.3) is 0 Å². The molecule has 0 radical (unpaired) electrons. The first-order chi connectivity index (χ1) is 10.7. The number of benzene rings is 1. The van der Waals surface area contributed by atoms with Crippen molar-refractivity contribution in [3.8, 4) is 5.75 Å². The molecule has 120 valence electrons. The minimum absolute atomic E-state index is 0.343. The van der Waals surface area contributed by atoms with Gasteiger partial charge < -0.3 is 9.64 Å². The van der Waals surface area contributed by atoms with Crippen molar-refractivity contribution in [1.82, 2.24) is 4.90 Å². The summed E-state index contributed by atoms with van der Waals surface area (Å²) in [5.41, 5.74) is 1.38. The molecule has 1 saturated carbocycles. The summed E-state index contributed by atoms with van der Waals surface area (Å²) >= 11 is 0. The fourth-order valence-electron chi connectivity index (χ4n) is 3.51. The van der Waals surface area contributed by atoms with Crippen molar-refractivity contribution in [2.45, 2.75) is 39.0 Å². The number of hydrogen-bond acceptors (Lipinski definition) is 2. The van der Waals surface area contributed by atoms with Crippen molar-refractivity contribution in [3.05, 3.63) is 29.8 Å². The fourth-order valence-corrected chi connectivity index (χ4v) is 3.51. The molecule has 2 unspecified atom stereocenters. The molecule has 3 rings (SSSR count). The Morgan fingerprint density at radius 1 is 1.23 bits per heavy atom. The van der Waals surface area contributed by atoms with Crippen LogP contribution in [-0.2, 0) is 11.2 Å². The Morgan fingerprint density at radius 3 is 2.41 bits per heavy atom. The summed E-state index contributed by atoms with van der Waals surface area (Å²) in [6.45, 7) is 4.12. The molecule has 22 heavy (non-hydrogen) atoms. The predicted octanol–water partition coefficient (Wildman–Crippen LogP) is 3.52. The van der Waals surface area contributed by atoms with Crippen LogP contribution in [0, 0.1) is 17.8 Å². The lowest BCUT2D eigenvalue weighted by Gasteiger charge is -2.32. The highest BCUT2D eigenvalue weighted by Gasteiger charge is 2.41. The maximum Gasteiger partial charge on any atom is 0.225 e. The Labute approximate surface area is 133 Å². The third kappa shape index (κ3) is 3.63. The lowest BCUT2D eigenvalue weighted by Crippen LogP contribution is -2.39. The zero-order valence-corrected chi connectivity index (χ0v) is 13.8. The molecule has 1 amide bonds. The minimum Gasteiger partial charge on any atom is -0.497 e. The van der Waals surface area contributed by atoms with Crippen molar-refractivity contribution >= 4 is 5.91 Å². The van der Waals surface area contributed by atoms with Crippen LogP contribution < -0.4 is 4.74 Å². The first kappa shape index (κ1) is 15.4. The van der Waals surface area contributed by atoms with E-state index in [1.807, 2.05) is 12.1 Å². The number of methoxy groups -OCH3 is 1. The van der Waals surface area contributed by atoms with E-state index in [0.717, 1.165) is 37.6 Å². The molecule has 1 heterocycles. The fraction of sp³-hybridized carbons (Fsp3) is 0.632. The summed E-state index contributed by atoms with van der Waals surface area (Å²) in [5, 5.41) is 0. The SMILES string of the molecule is COc1ccc(CCC2CCN(C(=O)C3CC3C)CC2)cc1. The van der Waals surface area contributed by atoms with Gasteiger partial charge in [-0.25, -0.2) is 0 Å². The Morgan fingerprint density at radius 2 is 1.86 bits per heavy atom. The molecular weight excluding hydrogens is 274 g/mol. The second kappa shape index (κ2) is 6.72. The molecule has 1 aromatic rings. The van der Waals surface area contributed by atoms with Crippen LogP contribution in [-0.4, -0.2) is 31.0 Å². The van der Waals surface area contributed by atoms with E-state index in [4.69, 9.17) is 4.74 Å². The largest absolute Gasteiger partial charge is 0.497 e. The lowest BCUT2D eigenvalue weighted by atomic mass is 9.90. The summed E-state index contributed by atoms with van der Waals surface area (Å²) in [7, 11) is 1.70. The van der Waals surface area contributed by atoms with E-state index >= 15 is 0 Å². The van der Waals surface area contributed by atoms with Crippen LogP contribution in [0.2, 0.25) is 0 Å². The van der Waals surface area contributed by atoms with Gasteiger partial charge in [-0.1, -0.05) is 19.1 Å². The molecule has 0 bridgehead atoms. The van der Waals surface area contributed by atoms with E-state index in [9.17, 15) is 4.79 Å². The molecule has 2 atom stereocenters. The average Bonchev–Trinajstić information content (AvgIpc) is 3.30. The maximum absolute atomic E-state index is 12.2. The second-order valence-corrected chi connectivity index (χ2v) is 6.97. The van der Waals surface area contributed by atoms with E-state index in [2.05, 4.69) is 24.0 Å². The quantitative estimate of drug-likeness (QED) is 0.833. The van der Waals surface area contributed by atoms with Crippen LogP contribution in [0.4, 0.5) is 0 Å². The first-order valence-electron chi connectivity index (χ1n) is 8.59. The summed E-state index contributed by atoms with van der Waals surface area (Å²) in [4.78, 5) is 14.3. The van der Waals surface area contributed by atoms with Crippen molar-refractivity contribution in [2.75, 3.05) is 20.2 Å². The van der Waals surface area contributed by atoms with Crippen LogP contribution in [0.15, 0.2) is 24.3 Å². The number of hydrogen-bond donors (Lipinski definition) is 0. The number of amides is 1. The van der Waals surface area contributed by atoms with Crippen molar-refractivity contribution in [1.29, 1.82) is 0 Å². The topological polar surface area (TPSA) is 29.5 Å². The smallest absolute Gasteiger partial charge is 0.225 e. The van der Waals surface area contributed by atoms with Gasteiger partial charge in [-0.15, -0.1) is 0 Å². The Kier molecular flexibility index (Phi) is 4.70. The number of likely N-dealkylation sites (tertiary alicyclic amines) is 1. The molecule has 3 nitrogen and oxygen atoms in total. The summed E-state index contributed by atoms with van der Waals surface area (Å²) in [5.74, 6) is 3.07. The van der Waals surface area contributed by atoms with Gasteiger partial charge in [0.15, 0.2) is 0 Å². The van der Waals surface area contributed by atoms with E-state index in [0.29, 0.717) is 17.7 Å². The van der Waals surface area contributed by atoms with E-state index in [1.165, 1.54) is 24.8 Å². The Bertz CT molecular complexity index is 503. The predicted molar refractivity (Wildman–Crippen MR) is 87.9 cm³/mol. The van der Waals surface area contributed by atoms with Gasteiger partial charge in [0.25, 0.3) is 0 Å². The number of rotatable bonds is 5. The molecule has 3 heteroatoms. The lowest BCUT2D eigenvalue weighted by molar-refractivity contribution is -0.134. The molecule has 1 aliphatic heterocycles. The second-order valence-electron chi connectivity index (χ2n) is 6.97. The summed E-state index contributed by atoms with van der Waals surface area (Å²) < 4.78 is 5.19. The normalized spacial score (nSPS) is 25.1. The van der Waals surface area contributed by atoms with Gasteiger partial charge >= 0.3 is 0 Å². The highest BCUT2D eigenvalue weighted by molar-refractivity contribution is 5.81. The van der Waals surface area contributed by atoms with Crippen LogP contribution in [0.1, 0.15) is 38.2 Å². The highest BCUT2D eigenvalue weighted by atomic mass is 16.5. The number of carbonyl (C=O) groups is 1. The number of aryl methyl sites for hydroxylation is 1. The molecule has 2 fully saturated rings. The van der Waals surface area contributed by atoms with Gasteiger partial charge in [-0.05, 0) is 61.6 Å². The molecule has 1 aliphatic carbocycles. The van der Waals surface area contributed by atoms with Crippen molar-refractivity contribution in [3.63, 3.8) is 0 Å². The zero-order chi connectivity index (χ0) is 15.5. The zero-order valence-electron chi connectivity index (χ0n) is 13.8. The van der Waals surface area contributed by atoms with Gasteiger partial charge in [-0.3, -0.25) is 4.79 Å². The van der Waals surface area contributed by atoms with Crippen molar-refractivity contribution in [2.24, 2.45) is 17.8 Å². The molecule has 1 aromatic carbocycles. The van der Waals surface area contributed by atoms with Crippen LogP contribution >= 0.6 is 0 Å². The summed E-state index contributed by atoms with van der Waals surface area (Å²) in [6, 6.07) is 8.39. The first-order valence-corrected chi connectivity index (χ1v) is 8.59. The average molecular weight is 301 g/mol. The Balaban J connectivity index is 1.41. The molecular formula is C19H27NO2. The summed E-state index contributed by atoms with van der Waals surface area (Å²) in [6.07, 6.45) is 5.80. The van der Waals surface area contributed by atoms with Gasteiger partial charge in [0, 0.05) is 19.0 Å². The number of nitrogens with zero attached hydrogens (tertiary/aromatic N) is 1. The maximum atomic E-state index is 12.2. The third-order valence-corrected chi connectivity index (χ3v) is 5.35. The van der Waals surface area contributed by atoms with E-state index in [1.54, 1.807) is 7.11 Å². The molecule has 2 aliphatic rings. The minimum atomic E-state index is 0.343. The van der Waals surface area contributed by atoms with Crippen LogP contribution in [0.3, 0.4) is 0 Å². The highest BCUT2D eigenvalue weighted by Crippen LogP contribution is 2.40. The van der Waals surface area contributed by atoms with Gasteiger partial charge in [-0.2, -0.15) is 0 Å². The number of piperidine rings is 1. The van der Waals surface area contributed by atoms with E-state index < -0.39 is 0 Å². The number of carbonyl (C=O) groups excluding carboxylic acids is 1. The molecule has 0 aromatic heterocycles. The molecule has 0 spiro atoms. The van der Waals surface area contributed by atoms with E-state index in [-0.39, 0.29) is 0 Å². The standard InChI is InChI=1S/C19H27NO2/c1-14-13-18(14)19(21)20-11-9-16(10-12-20)4-3-15-5-7-17(22-2)8-6-15/h5-8,14,16,18H,3-4,9-13H2,1-2H3. The van der Waals surface area contributed by atoms with Gasteiger partial charge in [0.05, 0.1) is 7.11 Å². The molecule has 0 N–H and O–H groups in total. The monoisotopic (exact) mass is 301 g/mol. The van der Waals surface area contributed by atoms with Gasteiger partial charge in [0.1, 0.15) is 5.75 Å². The van der Waals surface area contributed by atoms with Crippen LogP contribution in [0.5, 0.6) is 5.75 Å². The van der Waals surface area contributed by atoms with Gasteiger partial charge in [0.2, 0.25) is 5.91 Å².